The lowest BCUT2D eigenvalue weighted by Crippen LogP contribution is -2.24. The van der Waals surface area contributed by atoms with E-state index in [1.807, 2.05) is 34.9 Å². The number of ether oxygens (including phenoxy) is 2. The molecule has 1 unspecified atom stereocenters. The highest BCUT2D eigenvalue weighted by Crippen LogP contribution is 2.24. The van der Waals surface area contributed by atoms with Gasteiger partial charge in [0.05, 0.1) is 25.7 Å². The van der Waals surface area contributed by atoms with Crippen molar-refractivity contribution >= 4 is 11.6 Å². The molecule has 6 heteroatoms. The summed E-state index contributed by atoms with van der Waals surface area (Å²) in [6.07, 6.45) is -0.196. The van der Waals surface area contributed by atoms with Crippen LogP contribution in [0, 0.1) is 0 Å². The van der Waals surface area contributed by atoms with Gasteiger partial charge in [0.25, 0.3) is 0 Å². The molecule has 1 aromatic carbocycles. The number of rotatable bonds is 3. The van der Waals surface area contributed by atoms with E-state index in [4.69, 9.17) is 21.1 Å². The minimum atomic E-state index is -0.196. The summed E-state index contributed by atoms with van der Waals surface area (Å²) >= 11 is 5.94. The average molecular weight is 280 g/mol. The number of aromatic nitrogens is 3. The molecule has 5 nitrogen and oxygen atoms in total. The molecule has 0 spiro atoms. The van der Waals surface area contributed by atoms with Crippen LogP contribution in [0.1, 0.15) is 17.8 Å². The Labute approximate surface area is 116 Å². The Morgan fingerprint density at radius 3 is 2.74 bits per heavy atom. The zero-order valence-corrected chi connectivity index (χ0v) is 11.1. The van der Waals surface area contributed by atoms with E-state index in [2.05, 4.69) is 10.2 Å². The third-order valence-electron chi connectivity index (χ3n) is 2.99. The second-order valence-electron chi connectivity index (χ2n) is 4.21. The molecule has 1 saturated heterocycles. The van der Waals surface area contributed by atoms with E-state index < -0.39 is 0 Å². The lowest BCUT2D eigenvalue weighted by atomic mass is 10.2. The predicted molar refractivity (Wildman–Crippen MR) is 70.4 cm³/mol. The van der Waals surface area contributed by atoms with Gasteiger partial charge in [-0.25, -0.2) is 0 Å². The molecule has 1 aliphatic rings. The molecule has 3 rings (SSSR count). The fourth-order valence-corrected chi connectivity index (χ4v) is 2.29. The first kappa shape index (κ1) is 12.6. The zero-order valence-electron chi connectivity index (χ0n) is 10.3. The zero-order chi connectivity index (χ0) is 13.1. The number of hydrogen-bond donors (Lipinski definition) is 0. The molecule has 0 aliphatic carbocycles. The molecule has 1 aromatic heterocycles. The van der Waals surface area contributed by atoms with Crippen LogP contribution in [0.5, 0.6) is 0 Å². The van der Waals surface area contributed by atoms with Gasteiger partial charge in [-0.15, -0.1) is 21.8 Å². The van der Waals surface area contributed by atoms with Gasteiger partial charge in [-0.1, -0.05) is 18.2 Å². The number of benzene rings is 1. The van der Waals surface area contributed by atoms with Crippen LogP contribution >= 0.6 is 11.6 Å². The number of para-hydroxylation sites is 1. The summed E-state index contributed by atoms with van der Waals surface area (Å²) < 4.78 is 13.1. The normalized spacial score (nSPS) is 19.5. The maximum Gasteiger partial charge on any atom is 0.169 e. The summed E-state index contributed by atoms with van der Waals surface area (Å²) in [5, 5.41) is 8.34. The molecule has 2 heterocycles. The monoisotopic (exact) mass is 279 g/mol. The van der Waals surface area contributed by atoms with Crippen molar-refractivity contribution in [1.82, 2.24) is 14.8 Å². The van der Waals surface area contributed by atoms with Crippen LogP contribution in [-0.4, -0.2) is 34.6 Å². The Bertz CT molecular complexity index is 538. The quantitative estimate of drug-likeness (QED) is 0.808. The first-order chi connectivity index (χ1) is 9.40. The summed E-state index contributed by atoms with van der Waals surface area (Å²) in [6.45, 7) is 1.69. The summed E-state index contributed by atoms with van der Waals surface area (Å²) in [6, 6.07) is 9.89. The Morgan fingerprint density at radius 1 is 1.21 bits per heavy atom. The van der Waals surface area contributed by atoms with E-state index >= 15 is 0 Å². The van der Waals surface area contributed by atoms with Crippen molar-refractivity contribution in [2.45, 2.75) is 12.0 Å². The van der Waals surface area contributed by atoms with Crippen LogP contribution < -0.4 is 0 Å². The molecule has 0 N–H and O–H groups in total. The number of hydrogen-bond acceptors (Lipinski definition) is 4. The van der Waals surface area contributed by atoms with Gasteiger partial charge < -0.3 is 9.47 Å². The minimum Gasteiger partial charge on any atom is -0.376 e. The molecule has 2 aromatic rings. The summed E-state index contributed by atoms with van der Waals surface area (Å²) in [5.41, 5.74) is 0.979. The van der Waals surface area contributed by atoms with Crippen LogP contribution in [0.2, 0.25) is 0 Å². The van der Waals surface area contributed by atoms with Crippen LogP contribution in [0.3, 0.4) is 0 Å². The van der Waals surface area contributed by atoms with Gasteiger partial charge in [-0.05, 0) is 12.1 Å². The van der Waals surface area contributed by atoms with Gasteiger partial charge in [0, 0.05) is 5.69 Å². The minimum absolute atomic E-state index is 0.196. The van der Waals surface area contributed by atoms with E-state index in [1.165, 1.54) is 0 Å². The molecule has 1 aliphatic heterocycles. The van der Waals surface area contributed by atoms with E-state index in [1.54, 1.807) is 0 Å². The highest BCUT2D eigenvalue weighted by molar-refractivity contribution is 6.16. The lowest BCUT2D eigenvalue weighted by Gasteiger charge is -2.23. The summed E-state index contributed by atoms with van der Waals surface area (Å²) in [4.78, 5) is 0. The predicted octanol–water partition coefficient (Wildman–Crippen LogP) is 2.09. The highest BCUT2D eigenvalue weighted by atomic mass is 35.5. The van der Waals surface area contributed by atoms with Crippen molar-refractivity contribution < 1.29 is 9.47 Å². The third-order valence-corrected chi connectivity index (χ3v) is 3.23. The van der Waals surface area contributed by atoms with E-state index in [-0.39, 0.29) is 6.10 Å². The van der Waals surface area contributed by atoms with Crippen molar-refractivity contribution in [1.29, 1.82) is 0 Å². The van der Waals surface area contributed by atoms with Gasteiger partial charge in [0.2, 0.25) is 0 Å². The highest BCUT2D eigenvalue weighted by Gasteiger charge is 2.25. The van der Waals surface area contributed by atoms with Crippen LogP contribution in [-0.2, 0) is 15.4 Å². The van der Waals surface area contributed by atoms with E-state index in [0.717, 1.165) is 11.5 Å². The van der Waals surface area contributed by atoms with Crippen LogP contribution in [0.25, 0.3) is 5.69 Å². The molecular weight excluding hydrogens is 266 g/mol. The van der Waals surface area contributed by atoms with Gasteiger partial charge in [0.1, 0.15) is 6.10 Å². The number of halogens is 1. The molecule has 0 bridgehead atoms. The Hall–Kier alpha value is -1.43. The Balaban J connectivity index is 2.03. The average Bonchev–Trinajstić information content (AvgIpc) is 2.93. The first-order valence-corrected chi connectivity index (χ1v) is 6.68. The topological polar surface area (TPSA) is 49.2 Å². The lowest BCUT2D eigenvalue weighted by molar-refractivity contribution is -0.0941. The van der Waals surface area contributed by atoms with Gasteiger partial charge in [-0.3, -0.25) is 4.57 Å². The van der Waals surface area contributed by atoms with Crippen molar-refractivity contribution in [2.75, 3.05) is 19.8 Å². The van der Waals surface area contributed by atoms with Crippen molar-refractivity contribution in [2.24, 2.45) is 0 Å². The fourth-order valence-electron chi connectivity index (χ4n) is 2.12. The summed E-state index contributed by atoms with van der Waals surface area (Å²) in [5.74, 6) is 1.74. The van der Waals surface area contributed by atoms with Gasteiger partial charge in [0.15, 0.2) is 11.6 Å². The smallest absolute Gasteiger partial charge is 0.169 e. The van der Waals surface area contributed by atoms with E-state index in [0.29, 0.717) is 31.5 Å². The SMILES string of the molecule is ClCc1nnc(C2COCCO2)n1-c1ccccc1. The summed E-state index contributed by atoms with van der Waals surface area (Å²) in [7, 11) is 0. The molecule has 0 saturated carbocycles. The maximum atomic E-state index is 5.94. The first-order valence-electron chi connectivity index (χ1n) is 6.15. The van der Waals surface area contributed by atoms with Crippen molar-refractivity contribution in [3.8, 4) is 5.69 Å². The molecule has 1 atom stereocenters. The van der Waals surface area contributed by atoms with Crippen molar-refractivity contribution in [3.63, 3.8) is 0 Å². The van der Waals surface area contributed by atoms with Gasteiger partial charge in [-0.2, -0.15) is 0 Å². The van der Waals surface area contributed by atoms with E-state index in [9.17, 15) is 0 Å². The number of nitrogens with zero attached hydrogens (tertiary/aromatic N) is 3. The number of alkyl halides is 1. The fraction of sp³-hybridized carbons (Fsp3) is 0.385. The third kappa shape index (κ3) is 2.49. The van der Waals surface area contributed by atoms with Crippen molar-refractivity contribution in [3.05, 3.63) is 42.0 Å². The Kier molecular flexibility index (Phi) is 3.77. The van der Waals surface area contributed by atoms with Crippen LogP contribution in [0.4, 0.5) is 0 Å². The molecule has 19 heavy (non-hydrogen) atoms. The molecular formula is C13H14ClN3O2. The standard InChI is InChI=1S/C13H14ClN3O2/c14-8-12-15-16-13(11-9-18-6-7-19-11)17(12)10-4-2-1-3-5-10/h1-5,11H,6-9H2. The molecule has 0 amide bonds. The molecule has 0 radical (unpaired) electrons. The Morgan fingerprint density at radius 2 is 2.05 bits per heavy atom. The molecule has 100 valence electrons. The maximum absolute atomic E-state index is 5.94. The van der Waals surface area contributed by atoms with Gasteiger partial charge >= 0.3 is 0 Å². The second-order valence-corrected chi connectivity index (χ2v) is 4.48. The second kappa shape index (κ2) is 5.69. The largest absolute Gasteiger partial charge is 0.376 e. The van der Waals surface area contributed by atoms with Crippen LogP contribution in [0.15, 0.2) is 30.3 Å². The molecule has 1 fully saturated rings.